The van der Waals surface area contributed by atoms with Crippen LogP contribution >= 0.6 is 0 Å². The molecule has 1 amide bonds. The van der Waals surface area contributed by atoms with Gasteiger partial charge in [0.1, 0.15) is 11.1 Å². The Labute approximate surface area is 137 Å². The molecule has 0 saturated carbocycles. The predicted molar refractivity (Wildman–Crippen MR) is 83.1 cm³/mol. The summed E-state index contributed by atoms with van der Waals surface area (Å²) in [7, 11) is 0. The molecular formula is C16H9NO8. The number of carbonyl (C=O) groups excluding carboxylic acids is 1. The van der Waals surface area contributed by atoms with Crippen molar-refractivity contribution >= 4 is 45.8 Å². The van der Waals surface area contributed by atoms with Crippen LogP contribution in [-0.2, 0) is 0 Å². The minimum absolute atomic E-state index is 0.150. The summed E-state index contributed by atoms with van der Waals surface area (Å²) in [5, 5.41) is 28.3. The average molecular weight is 343 g/mol. The van der Waals surface area contributed by atoms with E-state index in [-0.39, 0.29) is 16.4 Å². The molecule has 0 aliphatic rings. The largest absolute Gasteiger partial charge is 0.478 e. The van der Waals surface area contributed by atoms with Gasteiger partial charge in [-0.25, -0.2) is 14.4 Å². The third-order valence-electron chi connectivity index (χ3n) is 3.71. The van der Waals surface area contributed by atoms with Crippen LogP contribution in [-0.4, -0.2) is 39.1 Å². The molecule has 9 heteroatoms. The number of nitrogens with two attached hydrogens (primary N) is 1. The van der Waals surface area contributed by atoms with E-state index >= 15 is 0 Å². The van der Waals surface area contributed by atoms with Crippen molar-refractivity contribution in [2.75, 3.05) is 0 Å². The summed E-state index contributed by atoms with van der Waals surface area (Å²) in [4.78, 5) is 46.8. The predicted octanol–water partition coefficient (Wildman–Crippen LogP) is 1.78. The van der Waals surface area contributed by atoms with Gasteiger partial charge in [0.2, 0.25) is 5.91 Å². The minimum Gasteiger partial charge on any atom is -0.478 e. The fourth-order valence-electron chi connectivity index (χ4n) is 2.84. The number of primary amides is 1. The van der Waals surface area contributed by atoms with Crippen molar-refractivity contribution in [1.82, 2.24) is 0 Å². The fraction of sp³-hybridized carbons (Fsp3) is 0. The summed E-state index contributed by atoms with van der Waals surface area (Å²) in [6.07, 6.45) is 0. The van der Waals surface area contributed by atoms with Crippen molar-refractivity contribution in [3.63, 3.8) is 0 Å². The van der Waals surface area contributed by atoms with Crippen LogP contribution in [0.2, 0.25) is 0 Å². The van der Waals surface area contributed by atoms with Gasteiger partial charge in [0.25, 0.3) is 0 Å². The van der Waals surface area contributed by atoms with Crippen molar-refractivity contribution in [3.05, 3.63) is 46.5 Å². The maximum atomic E-state index is 11.9. The van der Waals surface area contributed by atoms with E-state index in [1.54, 1.807) is 12.1 Å². The van der Waals surface area contributed by atoms with Crippen LogP contribution in [0.5, 0.6) is 0 Å². The van der Waals surface area contributed by atoms with Gasteiger partial charge in [-0.1, -0.05) is 18.2 Å². The molecule has 5 N–H and O–H groups in total. The quantitative estimate of drug-likeness (QED) is 0.555. The number of fused-ring (bicyclic) bond motifs is 3. The van der Waals surface area contributed by atoms with E-state index < -0.39 is 51.7 Å². The van der Waals surface area contributed by atoms with Crippen LogP contribution in [0.25, 0.3) is 21.9 Å². The van der Waals surface area contributed by atoms with E-state index in [1.807, 2.05) is 0 Å². The van der Waals surface area contributed by atoms with Crippen LogP contribution in [0.1, 0.15) is 41.4 Å². The molecule has 9 nitrogen and oxygen atoms in total. The normalized spacial score (nSPS) is 10.9. The number of aromatic carboxylic acids is 3. The molecule has 3 rings (SSSR count). The van der Waals surface area contributed by atoms with Gasteiger partial charge in [0.15, 0.2) is 5.58 Å². The molecule has 0 radical (unpaired) electrons. The van der Waals surface area contributed by atoms with Gasteiger partial charge in [-0.2, -0.15) is 0 Å². The van der Waals surface area contributed by atoms with Gasteiger partial charge in [0.05, 0.1) is 16.7 Å². The van der Waals surface area contributed by atoms with Crippen LogP contribution < -0.4 is 5.73 Å². The minimum atomic E-state index is -1.83. The van der Waals surface area contributed by atoms with Crippen molar-refractivity contribution in [1.29, 1.82) is 0 Å². The summed E-state index contributed by atoms with van der Waals surface area (Å²) in [6.45, 7) is 0. The SMILES string of the molecule is NC(=O)c1c(C(=O)O)c(C(=O)O)c(C(=O)O)c2oc3ccccc3c12. The number of carbonyl (C=O) groups is 4. The van der Waals surface area contributed by atoms with Crippen LogP contribution in [0.4, 0.5) is 0 Å². The highest BCUT2D eigenvalue weighted by molar-refractivity contribution is 6.27. The smallest absolute Gasteiger partial charge is 0.340 e. The van der Waals surface area contributed by atoms with E-state index in [1.165, 1.54) is 12.1 Å². The zero-order valence-corrected chi connectivity index (χ0v) is 12.3. The van der Waals surface area contributed by atoms with Crippen molar-refractivity contribution in [3.8, 4) is 0 Å². The molecule has 0 aliphatic carbocycles. The Balaban J connectivity index is 2.78. The van der Waals surface area contributed by atoms with E-state index in [4.69, 9.17) is 10.2 Å². The first-order chi connectivity index (χ1) is 11.8. The lowest BCUT2D eigenvalue weighted by atomic mass is 9.90. The third kappa shape index (κ3) is 2.17. The number of hydrogen-bond acceptors (Lipinski definition) is 5. The van der Waals surface area contributed by atoms with Crippen LogP contribution in [0, 0.1) is 0 Å². The molecule has 0 spiro atoms. The Morgan fingerprint density at radius 3 is 1.84 bits per heavy atom. The number of carboxylic acid groups (broad SMARTS) is 3. The zero-order chi connectivity index (χ0) is 18.5. The average Bonchev–Trinajstić information content (AvgIpc) is 2.90. The molecule has 0 atom stereocenters. The molecule has 2 aromatic carbocycles. The number of benzene rings is 2. The van der Waals surface area contributed by atoms with Crippen molar-refractivity contribution < 1.29 is 38.9 Å². The molecule has 0 saturated heterocycles. The lowest BCUT2D eigenvalue weighted by Crippen LogP contribution is -2.23. The second-order valence-electron chi connectivity index (χ2n) is 5.08. The first-order valence-electron chi connectivity index (χ1n) is 6.76. The Bertz CT molecular complexity index is 1110. The van der Waals surface area contributed by atoms with Gasteiger partial charge in [-0.15, -0.1) is 0 Å². The molecule has 0 fully saturated rings. The number of carboxylic acids is 3. The third-order valence-corrected chi connectivity index (χ3v) is 3.71. The molecule has 0 aliphatic heterocycles. The summed E-state index contributed by atoms with van der Waals surface area (Å²) in [5.41, 5.74) is 1.47. The summed E-state index contributed by atoms with van der Waals surface area (Å²) in [5.74, 6) is -6.55. The standard InChI is InChI=1S/C16H9NO8/c17-13(18)8-7-5-3-1-2-4-6(5)25-12(7)11(16(23)24)10(15(21)22)9(8)14(19)20/h1-4H,(H2,17,18)(H,19,20)(H,21,22)(H,23,24). The highest BCUT2D eigenvalue weighted by atomic mass is 16.4. The van der Waals surface area contributed by atoms with E-state index in [9.17, 15) is 34.5 Å². The summed E-state index contributed by atoms with van der Waals surface area (Å²) >= 11 is 0. The Hall–Kier alpha value is -3.88. The van der Waals surface area contributed by atoms with Gasteiger partial charge in [0, 0.05) is 10.8 Å². The fourth-order valence-corrected chi connectivity index (χ4v) is 2.84. The molecule has 1 heterocycles. The van der Waals surface area contributed by atoms with Gasteiger partial charge < -0.3 is 25.5 Å². The number of hydrogen-bond donors (Lipinski definition) is 4. The Morgan fingerprint density at radius 1 is 0.800 bits per heavy atom. The lowest BCUT2D eigenvalue weighted by molar-refractivity contribution is 0.0632. The van der Waals surface area contributed by atoms with Crippen molar-refractivity contribution in [2.24, 2.45) is 5.73 Å². The van der Waals surface area contributed by atoms with Crippen LogP contribution in [0.15, 0.2) is 28.7 Å². The first kappa shape index (κ1) is 16.0. The molecule has 25 heavy (non-hydrogen) atoms. The molecule has 3 aromatic rings. The highest BCUT2D eigenvalue weighted by Gasteiger charge is 2.35. The Morgan fingerprint density at radius 2 is 1.32 bits per heavy atom. The second kappa shape index (κ2) is 5.34. The maximum absolute atomic E-state index is 11.9. The highest BCUT2D eigenvalue weighted by Crippen LogP contribution is 2.38. The van der Waals surface area contributed by atoms with Crippen molar-refractivity contribution in [2.45, 2.75) is 0 Å². The van der Waals surface area contributed by atoms with E-state index in [0.717, 1.165) is 0 Å². The Kier molecular flexibility index (Phi) is 3.42. The number of furan rings is 1. The zero-order valence-electron chi connectivity index (χ0n) is 12.3. The van der Waals surface area contributed by atoms with Crippen LogP contribution in [0.3, 0.4) is 0 Å². The molecule has 0 bridgehead atoms. The van der Waals surface area contributed by atoms with E-state index in [2.05, 4.69) is 0 Å². The molecule has 126 valence electrons. The lowest BCUT2D eigenvalue weighted by Gasteiger charge is -2.11. The molecule has 0 unspecified atom stereocenters. The second-order valence-corrected chi connectivity index (χ2v) is 5.08. The number of rotatable bonds is 4. The van der Waals surface area contributed by atoms with Gasteiger partial charge in [-0.3, -0.25) is 4.79 Å². The monoisotopic (exact) mass is 343 g/mol. The maximum Gasteiger partial charge on any atom is 0.340 e. The number of para-hydroxylation sites is 1. The van der Waals surface area contributed by atoms with E-state index in [0.29, 0.717) is 0 Å². The van der Waals surface area contributed by atoms with Gasteiger partial charge >= 0.3 is 17.9 Å². The first-order valence-corrected chi connectivity index (χ1v) is 6.76. The van der Waals surface area contributed by atoms with Gasteiger partial charge in [-0.05, 0) is 6.07 Å². The summed E-state index contributed by atoms with van der Waals surface area (Å²) in [6, 6.07) is 6.08. The number of amides is 1. The molecule has 1 aromatic heterocycles. The molecular weight excluding hydrogens is 334 g/mol. The summed E-state index contributed by atoms with van der Waals surface area (Å²) < 4.78 is 5.42. The topological polar surface area (TPSA) is 168 Å².